The van der Waals surface area contributed by atoms with Crippen LogP contribution in [0, 0.1) is 0 Å². The predicted octanol–water partition coefficient (Wildman–Crippen LogP) is 3.85. The van der Waals surface area contributed by atoms with E-state index in [1.54, 1.807) is 0 Å². The van der Waals surface area contributed by atoms with Gasteiger partial charge in [-0.15, -0.1) is 5.10 Å². The third kappa shape index (κ3) is 3.65. The van der Waals surface area contributed by atoms with Crippen molar-refractivity contribution in [1.82, 2.24) is 19.7 Å². The number of hydrogen-bond donors (Lipinski definition) is 1. The molecule has 4 heterocycles. The van der Waals surface area contributed by atoms with E-state index in [2.05, 4.69) is 61.6 Å². The number of rotatable bonds is 4. The van der Waals surface area contributed by atoms with E-state index in [0.717, 1.165) is 54.4 Å². The molecule has 0 unspecified atom stereocenters. The average Bonchev–Trinajstić information content (AvgIpc) is 3.26. The van der Waals surface area contributed by atoms with Crippen LogP contribution in [0.15, 0.2) is 67.0 Å². The largest absolute Gasteiger partial charge is 0.378 e. The number of morpholine rings is 1. The third-order valence-corrected chi connectivity index (χ3v) is 5.81. The van der Waals surface area contributed by atoms with Gasteiger partial charge in [-0.05, 0) is 36.4 Å². The Labute approximate surface area is 185 Å². The minimum Gasteiger partial charge on any atom is -0.378 e. The molecule has 0 radical (unpaired) electrons. The summed E-state index contributed by atoms with van der Waals surface area (Å²) in [6.45, 7) is 4.05. The Morgan fingerprint density at radius 3 is 2.62 bits per heavy atom. The van der Waals surface area contributed by atoms with Crippen LogP contribution in [0.3, 0.4) is 0 Å². The maximum Gasteiger partial charge on any atom is 0.247 e. The molecule has 2 aromatic carbocycles. The van der Waals surface area contributed by atoms with Gasteiger partial charge in [0.1, 0.15) is 0 Å². The lowest BCUT2D eigenvalue weighted by Crippen LogP contribution is -2.36. The number of pyridine rings is 1. The SMILES string of the molecule is C1=Cn2nc(Nc3ccc(N4CCOCC4)cc3)nc2CN1c1cnc2ccccc2c1. The van der Waals surface area contributed by atoms with E-state index in [-0.39, 0.29) is 0 Å². The molecular weight excluding hydrogens is 402 g/mol. The van der Waals surface area contributed by atoms with Gasteiger partial charge in [0, 0.05) is 42.3 Å². The van der Waals surface area contributed by atoms with Crippen LogP contribution in [0.5, 0.6) is 0 Å². The summed E-state index contributed by atoms with van der Waals surface area (Å²) >= 11 is 0. The fourth-order valence-corrected chi connectivity index (χ4v) is 4.08. The maximum absolute atomic E-state index is 5.43. The molecule has 6 rings (SSSR count). The molecule has 0 bridgehead atoms. The zero-order valence-electron chi connectivity index (χ0n) is 17.6. The first-order valence-corrected chi connectivity index (χ1v) is 10.8. The number of para-hydroxylation sites is 1. The van der Waals surface area contributed by atoms with Crippen molar-refractivity contribution < 1.29 is 4.74 Å². The topological polar surface area (TPSA) is 71.3 Å². The second-order valence-electron chi connectivity index (χ2n) is 7.88. The Hall–Kier alpha value is -3.91. The quantitative estimate of drug-likeness (QED) is 0.532. The van der Waals surface area contributed by atoms with Gasteiger partial charge in [-0.3, -0.25) is 4.98 Å². The maximum atomic E-state index is 5.43. The van der Waals surface area contributed by atoms with Crippen molar-refractivity contribution in [2.24, 2.45) is 0 Å². The second-order valence-corrected chi connectivity index (χ2v) is 7.88. The molecule has 2 aromatic heterocycles. The fourth-order valence-electron chi connectivity index (χ4n) is 4.08. The molecular formula is C24H23N7O. The van der Waals surface area contributed by atoms with Crippen LogP contribution < -0.4 is 15.1 Å². The highest BCUT2D eigenvalue weighted by molar-refractivity contribution is 5.82. The number of nitrogens with one attached hydrogen (secondary N) is 1. The highest BCUT2D eigenvalue weighted by Crippen LogP contribution is 2.25. The summed E-state index contributed by atoms with van der Waals surface area (Å²) in [7, 11) is 0. The normalized spacial score (nSPS) is 15.8. The van der Waals surface area contributed by atoms with E-state index in [0.29, 0.717) is 12.5 Å². The van der Waals surface area contributed by atoms with Gasteiger partial charge in [0.2, 0.25) is 5.95 Å². The van der Waals surface area contributed by atoms with Crippen molar-refractivity contribution >= 4 is 40.1 Å². The molecule has 4 aromatic rings. The number of benzene rings is 2. The molecule has 32 heavy (non-hydrogen) atoms. The van der Waals surface area contributed by atoms with Gasteiger partial charge in [-0.1, -0.05) is 18.2 Å². The summed E-state index contributed by atoms with van der Waals surface area (Å²) in [6, 6.07) is 18.7. The lowest BCUT2D eigenvalue weighted by molar-refractivity contribution is 0.122. The van der Waals surface area contributed by atoms with Crippen molar-refractivity contribution in [2.45, 2.75) is 6.54 Å². The number of aromatic nitrogens is 4. The molecule has 2 aliphatic heterocycles. The highest BCUT2D eigenvalue weighted by atomic mass is 16.5. The van der Waals surface area contributed by atoms with E-state index < -0.39 is 0 Å². The molecule has 0 atom stereocenters. The molecule has 1 saturated heterocycles. The highest BCUT2D eigenvalue weighted by Gasteiger charge is 2.17. The minimum atomic E-state index is 0.585. The second kappa shape index (κ2) is 7.97. The van der Waals surface area contributed by atoms with Gasteiger partial charge < -0.3 is 19.9 Å². The molecule has 0 spiro atoms. The van der Waals surface area contributed by atoms with Crippen LogP contribution in [0.4, 0.5) is 23.0 Å². The van der Waals surface area contributed by atoms with Crippen LogP contribution in [0.25, 0.3) is 17.1 Å². The summed E-state index contributed by atoms with van der Waals surface area (Å²) in [6.07, 6.45) is 5.83. The first-order chi connectivity index (χ1) is 15.8. The first-order valence-electron chi connectivity index (χ1n) is 10.8. The number of anilines is 4. The Kier molecular flexibility index (Phi) is 4.69. The van der Waals surface area contributed by atoms with E-state index >= 15 is 0 Å². The zero-order valence-corrected chi connectivity index (χ0v) is 17.6. The van der Waals surface area contributed by atoms with Crippen LogP contribution in [0.1, 0.15) is 5.82 Å². The molecule has 8 nitrogen and oxygen atoms in total. The van der Waals surface area contributed by atoms with Crippen LogP contribution >= 0.6 is 0 Å². The lowest BCUT2D eigenvalue weighted by Gasteiger charge is -2.28. The van der Waals surface area contributed by atoms with E-state index in [9.17, 15) is 0 Å². The molecule has 160 valence electrons. The predicted molar refractivity (Wildman–Crippen MR) is 126 cm³/mol. The monoisotopic (exact) mass is 425 g/mol. The van der Waals surface area contributed by atoms with Gasteiger partial charge in [-0.2, -0.15) is 4.98 Å². The molecule has 8 heteroatoms. The van der Waals surface area contributed by atoms with Gasteiger partial charge >= 0.3 is 0 Å². The van der Waals surface area contributed by atoms with Crippen molar-refractivity contribution in [2.75, 3.05) is 41.4 Å². The molecule has 0 amide bonds. The molecule has 1 N–H and O–H groups in total. The van der Waals surface area contributed by atoms with Crippen molar-refractivity contribution in [3.63, 3.8) is 0 Å². The number of fused-ring (bicyclic) bond motifs is 2. The minimum absolute atomic E-state index is 0.585. The summed E-state index contributed by atoms with van der Waals surface area (Å²) in [4.78, 5) is 13.7. The van der Waals surface area contributed by atoms with Crippen molar-refractivity contribution in [3.8, 4) is 0 Å². The molecule has 0 saturated carbocycles. The van der Waals surface area contributed by atoms with Crippen LogP contribution in [-0.4, -0.2) is 46.1 Å². The molecule has 1 fully saturated rings. The number of hydrogen-bond acceptors (Lipinski definition) is 7. The number of ether oxygens (including phenoxy) is 1. The van der Waals surface area contributed by atoms with Crippen LogP contribution in [-0.2, 0) is 11.3 Å². The smallest absolute Gasteiger partial charge is 0.247 e. The molecule has 0 aliphatic carbocycles. The summed E-state index contributed by atoms with van der Waals surface area (Å²) < 4.78 is 7.25. The van der Waals surface area contributed by atoms with Crippen molar-refractivity contribution in [1.29, 1.82) is 0 Å². The summed E-state index contributed by atoms with van der Waals surface area (Å²) in [5.41, 5.74) is 4.19. The van der Waals surface area contributed by atoms with Crippen LogP contribution in [0.2, 0.25) is 0 Å². The summed E-state index contributed by atoms with van der Waals surface area (Å²) in [5.74, 6) is 1.45. The van der Waals surface area contributed by atoms with E-state index in [1.807, 2.05) is 41.5 Å². The Morgan fingerprint density at radius 2 is 1.75 bits per heavy atom. The lowest BCUT2D eigenvalue weighted by atomic mass is 10.2. The van der Waals surface area contributed by atoms with Crippen molar-refractivity contribution in [3.05, 3.63) is 72.8 Å². The zero-order chi connectivity index (χ0) is 21.3. The summed E-state index contributed by atoms with van der Waals surface area (Å²) in [5, 5.41) is 9.01. The standard InChI is InChI=1S/C24H23N7O/c1-2-4-22-18(3-1)15-21(16-25-22)30-9-10-31-23(17-30)27-24(28-31)26-19-5-7-20(8-6-19)29-11-13-32-14-12-29/h1-10,15-16H,11-14,17H2,(H,26,28). The van der Waals surface area contributed by atoms with Gasteiger partial charge in [0.05, 0.1) is 37.2 Å². The molecule has 2 aliphatic rings. The third-order valence-electron chi connectivity index (χ3n) is 5.81. The fraction of sp³-hybridized carbons (Fsp3) is 0.208. The van der Waals surface area contributed by atoms with E-state index in [1.165, 1.54) is 5.69 Å². The van der Waals surface area contributed by atoms with Gasteiger partial charge in [0.15, 0.2) is 5.82 Å². The van der Waals surface area contributed by atoms with E-state index in [4.69, 9.17) is 9.72 Å². The average molecular weight is 425 g/mol. The Morgan fingerprint density at radius 1 is 0.906 bits per heavy atom. The Bertz CT molecular complexity index is 1280. The first kappa shape index (κ1) is 18.8. The van der Waals surface area contributed by atoms with Gasteiger partial charge in [-0.25, -0.2) is 4.68 Å². The van der Waals surface area contributed by atoms with Gasteiger partial charge in [0.25, 0.3) is 0 Å². The number of nitrogens with zero attached hydrogens (tertiary/aromatic N) is 6. The Balaban J connectivity index is 1.16.